The van der Waals surface area contributed by atoms with Crippen LogP contribution in [0, 0.1) is 26.2 Å². The Kier molecular flexibility index (Phi) is 8.91. The molecule has 2 aliphatic rings. The van der Waals surface area contributed by atoms with Crippen molar-refractivity contribution in [2.75, 3.05) is 25.6 Å². The molecule has 1 unspecified atom stereocenters. The maximum atomic E-state index is 12.1. The Labute approximate surface area is 250 Å². The highest BCUT2D eigenvalue weighted by Gasteiger charge is 2.54. The van der Waals surface area contributed by atoms with Gasteiger partial charge in [0.05, 0.1) is 20.1 Å². The number of fused-ring (bicyclic) bond motifs is 1. The second kappa shape index (κ2) is 12.6. The van der Waals surface area contributed by atoms with Crippen molar-refractivity contribution in [3.05, 3.63) is 81.9 Å². The molecule has 0 bridgehead atoms. The average molecular weight is 569 g/mol. The number of hydrogen-bond acceptors (Lipinski definition) is 5. The SMILES string of the molecule is CCC(=O)NCCCOc1cc(C)c(-c2cccc(CNc3ccc4c(c3)CC3(CC3)C4CC(=O)OC)c2C)c(C)c1. The van der Waals surface area contributed by atoms with Gasteiger partial charge in [-0.1, -0.05) is 31.2 Å². The minimum Gasteiger partial charge on any atom is -0.494 e. The molecule has 2 N–H and O–H groups in total. The van der Waals surface area contributed by atoms with Crippen molar-refractivity contribution >= 4 is 17.6 Å². The van der Waals surface area contributed by atoms with E-state index in [-0.39, 0.29) is 23.2 Å². The number of hydrogen-bond donors (Lipinski definition) is 2. The molecule has 3 aromatic carbocycles. The highest BCUT2D eigenvalue weighted by atomic mass is 16.5. The molecule has 0 aromatic heterocycles. The Morgan fingerprint density at radius 1 is 1.02 bits per heavy atom. The molecule has 3 aromatic rings. The zero-order valence-electron chi connectivity index (χ0n) is 25.7. The Bertz CT molecular complexity index is 1450. The van der Waals surface area contributed by atoms with E-state index in [2.05, 4.69) is 79.9 Å². The molecule has 1 saturated carbocycles. The van der Waals surface area contributed by atoms with Gasteiger partial charge in [0.1, 0.15) is 5.75 Å². The van der Waals surface area contributed by atoms with Crippen LogP contribution >= 0.6 is 0 Å². The lowest BCUT2D eigenvalue weighted by Gasteiger charge is -2.19. The molecule has 1 fully saturated rings. The molecular formula is C36H44N2O4. The molecule has 1 atom stereocenters. The van der Waals surface area contributed by atoms with Crippen molar-refractivity contribution in [1.82, 2.24) is 5.32 Å². The van der Waals surface area contributed by atoms with Crippen molar-refractivity contribution < 1.29 is 19.1 Å². The molecular weight excluding hydrogens is 524 g/mol. The summed E-state index contributed by atoms with van der Waals surface area (Å²) in [5.74, 6) is 1.11. The van der Waals surface area contributed by atoms with Crippen LogP contribution in [-0.2, 0) is 27.3 Å². The summed E-state index contributed by atoms with van der Waals surface area (Å²) in [4.78, 5) is 23.5. The van der Waals surface area contributed by atoms with E-state index in [0.717, 1.165) is 30.8 Å². The van der Waals surface area contributed by atoms with E-state index in [4.69, 9.17) is 9.47 Å². The number of ether oxygens (including phenoxy) is 2. The molecule has 2 aliphatic carbocycles. The number of amides is 1. The van der Waals surface area contributed by atoms with Gasteiger partial charge in [0.2, 0.25) is 5.91 Å². The summed E-state index contributed by atoms with van der Waals surface area (Å²) < 4.78 is 11.0. The van der Waals surface area contributed by atoms with E-state index in [9.17, 15) is 9.59 Å². The zero-order chi connectivity index (χ0) is 29.9. The normalized spacial score (nSPS) is 16.2. The van der Waals surface area contributed by atoms with Crippen LogP contribution < -0.4 is 15.4 Å². The fourth-order valence-corrected chi connectivity index (χ4v) is 6.69. The van der Waals surface area contributed by atoms with Gasteiger partial charge < -0.3 is 20.1 Å². The summed E-state index contributed by atoms with van der Waals surface area (Å²) in [5.41, 5.74) is 11.5. The smallest absolute Gasteiger partial charge is 0.306 e. The van der Waals surface area contributed by atoms with E-state index in [0.29, 0.717) is 26.0 Å². The molecule has 1 spiro atoms. The van der Waals surface area contributed by atoms with E-state index < -0.39 is 0 Å². The van der Waals surface area contributed by atoms with E-state index in [1.54, 1.807) is 0 Å². The first kappa shape index (κ1) is 29.7. The number of rotatable bonds is 12. The van der Waals surface area contributed by atoms with Crippen LogP contribution in [0.5, 0.6) is 5.75 Å². The van der Waals surface area contributed by atoms with E-state index in [1.807, 2.05) is 6.92 Å². The molecule has 0 heterocycles. The van der Waals surface area contributed by atoms with Crippen LogP contribution in [0.1, 0.15) is 78.3 Å². The molecule has 6 nitrogen and oxygen atoms in total. The Morgan fingerprint density at radius 3 is 2.48 bits per heavy atom. The third kappa shape index (κ3) is 6.33. The Morgan fingerprint density at radius 2 is 1.79 bits per heavy atom. The number of carbonyl (C=O) groups excluding carboxylic acids is 2. The summed E-state index contributed by atoms with van der Waals surface area (Å²) in [7, 11) is 1.48. The predicted molar refractivity (Wildman–Crippen MR) is 168 cm³/mol. The zero-order valence-corrected chi connectivity index (χ0v) is 25.7. The quantitative estimate of drug-likeness (QED) is 0.179. The van der Waals surface area contributed by atoms with Gasteiger partial charge >= 0.3 is 5.97 Å². The molecule has 222 valence electrons. The minimum atomic E-state index is -0.113. The monoisotopic (exact) mass is 568 g/mol. The molecule has 5 rings (SSSR count). The summed E-state index contributed by atoms with van der Waals surface area (Å²) in [6, 6.07) is 17.4. The topological polar surface area (TPSA) is 76.7 Å². The Balaban J connectivity index is 1.25. The molecule has 1 amide bonds. The summed E-state index contributed by atoms with van der Waals surface area (Å²) >= 11 is 0. The van der Waals surface area contributed by atoms with Crippen molar-refractivity contribution in [2.45, 2.75) is 78.7 Å². The number of esters is 1. The highest BCUT2D eigenvalue weighted by Crippen LogP contribution is 2.64. The molecule has 0 radical (unpaired) electrons. The van der Waals surface area contributed by atoms with Gasteiger partial charge in [0.15, 0.2) is 0 Å². The van der Waals surface area contributed by atoms with Gasteiger partial charge in [-0.2, -0.15) is 0 Å². The van der Waals surface area contributed by atoms with Gasteiger partial charge in [0, 0.05) is 31.1 Å². The van der Waals surface area contributed by atoms with Crippen molar-refractivity contribution in [3.8, 4) is 16.9 Å². The number of nitrogens with one attached hydrogen (secondary N) is 2. The molecule has 0 aliphatic heterocycles. The van der Waals surface area contributed by atoms with Gasteiger partial charge in [0.25, 0.3) is 0 Å². The van der Waals surface area contributed by atoms with E-state index in [1.165, 1.54) is 64.5 Å². The second-order valence-corrected chi connectivity index (χ2v) is 12.1. The third-order valence-electron chi connectivity index (χ3n) is 9.23. The third-order valence-corrected chi connectivity index (χ3v) is 9.23. The fraction of sp³-hybridized carbons (Fsp3) is 0.444. The largest absolute Gasteiger partial charge is 0.494 e. The van der Waals surface area contributed by atoms with Crippen LogP contribution in [-0.4, -0.2) is 32.1 Å². The van der Waals surface area contributed by atoms with Crippen LogP contribution in [0.2, 0.25) is 0 Å². The average Bonchev–Trinajstić information content (AvgIpc) is 3.69. The van der Waals surface area contributed by atoms with Gasteiger partial charge in [-0.05, 0) is 121 Å². The number of anilines is 1. The fourth-order valence-electron chi connectivity index (χ4n) is 6.69. The lowest BCUT2D eigenvalue weighted by molar-refractivity contribution is -0.141. The first-order chi connectivity index (χ1) is 20.2. The van der Waals surface area contributed by atoms with Crippen molar-refractivity contribution in [3.63, 3.8) is 0 Å². The van der Waals surface area contributed by atoms with E-state index >= 15 is 0 Å². The van der Waals surface area contributed by atoms with Crippen molar-refractivity contribution in [1.29, 1.82) is 0 Å². The summed E-state index contributed by atoms with van der Waals surface area (Å²) in [6.07, 6.45) is 5.21. The van der Waals surface area contributed by atoms with Crippen LogP contribution in [0.3, 0.4) is 0 Å². The number of methoxy groups -OCH3 is 1. The first-order valence-electron chi connectivity index (χ1n) is 15.3. The molecule has 42 heavy (non-hydrogen) atoms. The molecule has 0 saturated heterocycles. The first-order valence-corrected chi connectivity index (χ1v) is 15.3. The van der Waals surface area contributed by atoms with Crippen LogP contribution in [0.4, 0.5) is 5.69 Å². The lowest BCUT2D eigenvalue weighted by Crippen LogP contribution is -2.24. The number of benzene rings is 3. The maximum absolute atomic E-state index is 12.1. The summed E-state index contributed by atoms with van der Waals surface area (Å²) in [5, 5.41) is 6.56. The number of carbonyl (C=O) groups is 2. The van der Waals surface area contributed by atoms with Gasteiger partial charge in [-0.3, -0.25) is 9.59 Å². The van der Waals surface area contributed by atoms with Gasteiger partial charge in [-0.15, -0.1) is 0 Å². The van der Waals surface area contributed by atoms with Crippen molar-refractivity contribution in [2.24, 2.45) is 5.41 Å². The van der Waals surface area contributed by atoms with Crippen LogP contribution in [0.15, 0.2) is 48.5 Å². The molecule has 6 heteroatoms. The van der Waals surface area contributed by atoms with Gasteiger partial charge in [-0.25, -0.2) is 0 Å². The summed E-state index contributed by atoms with van der Waals surface area (Å²) in [6.45, 7) is 10.3. The minimum absolute atomic E-state index is 0.0724. The maximum Gasteiger partial charge on any atom is 0.306 e. The predicted octanol–water partition coefficient (Wildman–Crippen LogP) is 7.17. The lowest BCUT2D eigenvalue weighted by atomic mass is 9.87. The number of aryl methyl sites for hydroxylation is 2. The van der Waals surface area contributed by atoms with Crippen LogP contribution in [0.25, 0.3) is 11.1 Å². The standard InChI is InChI=1S/C36H44N2O4/c1-6-33(39)37-15-8-16-42-29-17-23(2)35(24(3)18-29)30-10-7-9-26(25(30)4)22-38-28-11-12-31-27(19-28)21-36(13-14-36)32(31)20-34(40)41-5/h7,9-12,17-19,32,38H,6,8,13-16,20-22H2,1-5H3,(H,37,39). The second-order valence-electron chi connectivity index (χ2n) is 12.1. The Hall–Kier alpha value is -3.80. The highest BCUT2D eigenvalue weighted by molar-refractivity contribution is 5.76.